The van der Waals surface area contributed by atoms with Crippen LogP contribution in [0.25, 0.3) is 0 Å². The van der Waals surface area contributed by atoms with Crippen LogP contribution in [0.3, 0.4) is 0 Å². The molecule has 1 atom stereocenters. The third-order valence-electron chi connectivity index (χ3n) is 5.70. The molecule has 5 rings (SSSR count). The number of piperidine rings is 1. The third-order valence-corrected chi connectivity index (χ3v) is 8.08. The van der Waals surface area contributed by atoms with Crippen LogP contribution in [0, 0.1) is 5.92 Å². The first-order valence-corrected chi connectivity index (χ1v) is 12.2. The van der Waals surface area contributed by atoms with Crippen LogP contribution < -0.4 is 5.32 Å². The lowest BCUT2D eigenvalue weighted by Gasteiger charge is -2.33. The van der Waals surface area contributed by atoms with E-state index < -0.39 is 10.0 Å². The summed E-state index contributed by atoms with van der Waals surface area (Å²) < 4.78 is 28.7. The number of fused-ring (bicyclic) bond motifs is 2. The number of Topliss-reactive ketones (excluding diaryl/α,β-unsaturated/α-hetero) is 1. The highest BCUT2D eigenvalue weighted by Crippen LogP contribution is 2.32. The molecule has 1 aliphatic carbocycles. The number of aromatic nitrogens is 1. The number of carbonyl (C=O) groups is 2. The maximum atomic E-state index is 12.9. The van der Waals surface area contributed by atoms with Crippen molar-refractivity contribution in [2.75, 3.05) is 18.4 Å². The van der Waals surface area contributed by atoms with Crippen LogP contribution in [0.2, 0.25) is 0 Å². The summed E-state index contributed by atoms with van der Waals surface area (Å²) in [5.74, 6) is 0.0390. The number of aryl methyl sites for hydroxylation is 1. The average molecular weight is 445 g/mol. The standard InChI is InChI=1S/C20H20N4O4S2/c25-15-8-3-7-14-17(15)29-20(21-14)22-19(26)12-5-4-10-24(11-12)18-13-6-1-2-9-16(13)30(27,28)23-18/h1-2,6,9,12H,3-5,7-8,10-11H2,(H,21,22,26). The molecule has 30 heavy (non-hydrogen) atoms. The maximum Gasteiger partial charge on any atom is 0.285 e. The van der Waals surface area contributed by atoms with Gasteiger partial charge in [0.1, 0.15) is 4.90 Å². The highest BCUT2D eigenvalue weighted by molar-refractivity contribution is 7.90. The Morgan fingerprint density at radius 3 is 2.87 bits per heavy atom. The molecule has 1 unspecified atom stereocenters. The summed E-state index contributed by atoms with van der Waals surface area (Å²) in [5.41, 5.74) is 1.36. The predicted molar refractivity (Wildman–Crippen MR) is 112 cm³/mol. The van der Waals surface area contributed by atoms with Crippen molar-refractivity contribution >= 4 is 44.0 Å². The number of sulfonamides is 1. The summed E-state index contributed by atoms with van der Waals surface area (Å²) in [6.07, 6.45) is 3.55. The van der Waals surface area contributed by atoms with Crippen molar-refractivity contribution in [2.24, 2.45) is 10.3 Å². The van der Waals surface area contributed by atoms with Gasteiger partial charge < -0.3 is 10.2 Å². The minimum absolute atomic E-state index is 0.0946. The number of likely N-dealkylation sites (tertiary alicyclic amines) is 1. The lowest BCUT2D eigenvalue weighted by Crippen LogP contribution is -2.43. The summed E-state index contributed by atoms with van der Waals surface area (Å²) in [5, 5.41) is 3.33. The van der Waals surface area contributed by atoms with Gasteiger partial charge in [0.2, 0.25) is 5.91 Å². The van der Waals surface area contributed by atoms with Gasteiger partial charge in [0.15, 0.2) is 16.8 Å². The van der Waals surface area contributed by atoms with E-state index in [4.69, 9.17) is 0 Å². The first kappa shape index (κ1) is 19.4. The van der Waals surface area contributed by atoms with Crippen LogP contribution >= 0.6 is 11.3 Å². The van der Waals surface area contributed by atoms with Gasteiger partial charge in [-0.2, -0.15) is 8.42 Å². The van der Waals surface area contributed by atoms with Crippen molar-refractivity contribution in [3.05, 3.63) is 40.4 Å². The molecule has 1 aromatic carbocycles. The van der Waals surface area contributed by atoms with Gasteiger partial charge >= 0.3 is 0 Å². The van der Waals surface area contributed by atoms with Crippen LogP contribution in [-0.2, 0) is 21.2 Å². The van der Waals surface area contributed by atoms with Crippen LogP contribution in [-0.4, -0.2) is 48.9 Å². The number of anilines is 1. The Balaban J connectivity index is 1.33. The van der Waals surface area contributed by atoms with E-state index in [2.05, 4.69) is 14.7 Å². The maximum absolute atomic E-state index is 12.9. The topological polar surface area (TPSA) is 109 Å². The molecule has 0 radical (unpaired) electrons. The molecule has 10 heteroatoms. The van der Waals surface area contributed by atoms with Gasteiger partial charge in [0.25, 0.3) is 10.0 Å². The molecule has 1 amide bonds. The van der Waals surface area contributed by atoms with Crippen molar-refractivity contribution in [3.63, 3.8) is 0 Å². The van der Waals surface area contributed by atoms with Crippen molar-refractivity contribution in [3.8, 4) is 0 Å². The number of amides is 1. The molecule has 0 spiro atoms. The van der Waals surface area contributed by atoms with E-state index >= 15 is 0 Å². The lowest BCUT2D eigenvalue weighted by molar-refractivity contribution is -0.121. The molecule has 1 N–H and O–H groups in total. The van der Waals surface area contributed by atoms with E-state index in [-0.39, 0.29) is 22.5 Å². The highest BCUT2D eigenvalue weighted by atomic mass is 32.2. The van der Waals surface area contributed by atoms with E-state index in [0.29, 0.717) is 47.3 Å². The monoisotopic (exact) mass is 444 g/mol. The lowest BCUT2D eigenvalue weighted by atomic mass is 9.96. The molecule has 1 aromatic heterocycles. The number of hydrogen-bond donors (Lipinski definition) is 1. The number of thiazole rings is 1. The molecule has 2 aliphatic heterocycles. The number of rotatable bonds is 2. The summed E-state index contributed by atoms with van der Waals surface area (Å²) in [6, 6.07) is 6.77. The molecule has 3 heterocycles. The summed E-state index contributed by atoms with van der Waals surface area (Å²) >= 11 is 1.24. The fourth-order valence-corrected chi connectivity index (χ4v) is 6.44. The van der Waals surface area contributed by atoms with Crippen LogP contribution in [0.5, 0.6) is 0 Å². The van der Waals surface area contributed by atoms with Gasteiger partial charge in [0, 0.05) is 25.1 Å². The van der Waals surface area contributed by atoms with Gasteiger partial charge in [0.05, 0.1) is 16.5 Å². The quantitative estimate of drug-likeness (QED) is 0.762. The molecule has 8 nitrogen and oxygen atoms in total. The Bertz CT molecular complexity index is 1190. The first-order valence-electron chi connectivity index (χ1n) is 9.95. The number of ketones is 1. The minimum Gasteiger partial charge on any atom is -0.355 e. The number of benzene rings is 1. The van der Waals surface area contributed by atoms with E-state index in [1.54, 1.807) is 24.3 Å². The fraction of sp³-hybridized carbons (Fsp3) is 0.400. The van der Waals surface area contributed by atoms with Gasteiger partial charge in [-0.1, -0.05) is 23.5 Å². The molecule has 0 saturated carbocycles. The van der Waals surface area contributed by atoms with Crippen molar-refractivity contribution in [1.29, 1.82) is 0 Å². The zero-order valence-corrected chi connectivity index (χ0v) is 17.8. The number of nitrogens with zero attached hydrogens (tertiary/aromatic N) is 3. The molecular weight excluding hydrogens is 424 g/mol. The smallest absolute Gasteiger partial charge is 0.285 e. The van der Waals surface area contributed by atoms with E-state index in [9.17, 15) is 18.0 Å². The molecule has 1 fully saturated rings. The molecule has 2 aromatic rings. The van der Waals surface area contributed by atoms with Crippen molar-refractivity contribution in [1.82, 2.24) is 9.88 Å². The molecule has 0 bridgehead atoms. The first-order chi connectivity index (χ1) is 14.4. The average Bonchev–Trinajstić information content (AvgIpc) is 3.27. The zero-order valence-electron chi connectivity index (χ0n) is 16.1. The second kappa shape index (κ2) is 7.28. The van der Waals surface area contributed by atoms with Crippen molar-refractivity contribution < 1.29 is 18.0 Å². The predicted octanol–water partition coefficient (Wildman–Crippen LogP) is 2.46. The van der Waals surface area contributed by atoms with Gasteiger partial charge in [-0.05, 0) is 37.8 Å². The fourth-order valence-electron chi connectivity index (χ4n) is 4.23. The molecule has 1 saturated heterocycles. The summed E-state index contributed by atoms with van der Waals surface area (Å²) in [6.45, 7) is 1.03. The largest absolute Gasteiger partial charge is 0.355 e. The minimum atomic E-state index is -3.69. The molecule has 3 aliphatic rings. The zero-order chi connectivity index (χ0) is 20.9. The number of nitrogens with one attached hydrogen (secondary N) is 1. The number of hydrogen-bond acceptors (Lipinski definition) is 7. The summed E-state index contributed by atoms with van der Waals surface area (Å²) in [7, 11) is -3.69. The second-order valence-corrected chi connectivity index (χ2v) is 10.3. The third kappa shape index (κ3) is 3.33. The van der Waals surface area contributed by atoms with Gasteiger partial charge in [-0.25, -0.2) is 4.98 Å². The highest BCUT2D eigenvalue weighted by Gasteiger charge is 2.35. The van der Waals surface area contributed by atoms with Crippen LogP contribution in [0.4, 0.5) is 5.13 Å². The number of carbonyl (C=O) groups excluding carboxylic acids is 2. The van der Waals surface area contributed by atoms with E-state index in [1.807, 2.05) is 4.90 Å². The second-order valence-electron chi connectivity index (χ2n) is 7.73. The van der Waals surface area contributed by atoms with Crippen molar-refractivity contribution in [2.45, 2.75) is 37.0 Å². The molecule has 156 valence electrons. The van der Waals surface area contributed by atoms with Gasteiger partial charge in [-0.15, -0.1) is 4.40 Å². The normalized spacial score (nSPS) is 22.3. The molecular formula is C20H20N4O4S2. The van der Waals surface area contributed by atoms with Gasteiger partial charge in [-0.3, -0.25) is 9.59 Å². The van der Waals surface area contributed by atoms with E-state index in [0.717, 1.165) is 25.0 Å². The van der Waals surface area contributed by atoms with Crippen LogP contribution in [0.1, 0.15) is 46.6 Å². The Kier molecular flexibility index (Phi) is 4.70. The Morgan fingerprint density at radius 2 is 2.03 bits per heavy atom. The summed E-state index contributed by atoms with van der Waals surface area (Å²) in [4.78, 5) is 32.1. The SMILES string of the molecule is O=C1CCCc2nc(NC(=O)C3CCCN(C4=NS(=O)(=O)c5ccccc54)C3)sc21. The Labute approximate surface area is 178 Å². The van der Waals surface area contributed by atoms with Crippen LogP contribution in [0.15, 0.2) is 33.6 Å². The van der Waals surface area contributed by atoms with E-state index in [1.165, 1.54) is 11.3 Å². The Hall–Kier alpha value is -2.59. The Morgan fingerprint density at radius 1 is 1.20 bits per heavy atom. The number of amidine groups is 1.